The normalized spacial score (nSPS) is 15.7. The molecule has 0 spiro atoms. The lowest BCUT2D eigenvalue weighted by molar-refractivity contribution is -0.221. The average molecular weight is 270 g/mol. The first kappa shape index (κ1) is 9.84. The summed E-state index contributed by atoms with van der Waals surface area (Å²) in [7, 11) is 0. The zero-order valence-corrected chi connectivity index (χ0v) is 7.62. The van der Waals surface area contributed by atoms with Gasteiger partial charge >= 0.3 is 6.11 Å². The SMILES string of the molecule is CCOC(F)(F)C(Cl)I. The maximum atomic E-state index is 12.2. The van der Waals surface area contributed by atoms with Crippen molar-refractivity contribution in [2.24, 2.45) is 0 Å². The van der Waals surface area contributed by atoms with E-state index in [-0.39, 0.29) is 6.61 Å². The van der Waals surface area contributed by atoms with Crippen molar-refractivity contribution in [3.8, 4) is 0 Å². The highest BCUT2D eigenvalue weighted by Gasteiger charge is 2.37. The molecule has 0 aromatic rings. The van der Waals surface area contributed by atoms with Gasteiger partial charge in [0.05, 0.1) is 6.61 Å². The Bertz CT molecular complexity index is 88.6. The van der Waals surface area contributed by atoms with E-state index in [4.69, 9.17) is 11.6 Å². The van der Waals surface area contributed by atoms with Crippen LogP contribution in [0.1, 0.15) is 6.92 Å². The number of alkyl halides is 4. The molecule has 0 bridgehead atoms. The summed E-state index contributed by atoms with van der Waals surface area (Å²) >= 11 is 6.46. The molecule has 1 unspecified atom stereocenters. The van der Waals surface area contributed by atoms with Gasteiger partial charge < -0.3 is 4.74 Å². The zero-order chi connectivity index (χ0) is 7.49. The van der Waals surface area contributed by atoms with Crippen molar-refractivity contribution < 1.29 is 13.5 Å². The fourth-order valence-corrected chi connectivity index (χ4v) is 0.498. The van der Waals surface area contributed by atoms with Gasteiger partial charge in [-0.15, -0.1) is 11.6 Å². The number of ether oxygens (including phenoxy) is 1. The van der Waals surface area contributed by atoms with Gasteiger partial charge in [-0.3, -0.25) is 0 Å². The maximum Gasteiger partial charge on any atom is 0.381 e. The summed E-state index contributed by atoms with van der Waals surface area (Å²) in [6.45, 7) is 1.46. The highest BCUT2D eigenvalue weighted by atomic mass is 127. The molecule has 0 aromatic carbocycles. The molecule has 0 aliphatic rings. The first-order chi connectivity index (χ1) is 4.00. The van der Waals surface area contributed by atoms with Crippen LogP contribution in [0.2, 0.25) is 0 Å². The van der Waals surface area contributed by atoms with E-state index in [9.17, 15) is 8.78 Å². The van der Waals surface area contributed by atoms with Gasteiger partial charge in [-0.2, -0.15) is 8.78 Å². The minimum absolute atomic E-state index is 0.0285. The fraction of sp³-hybridized carbons (Fsp3) is 1.00. The Kier molecular flexibility index (Phi) is 4.24. The number of rotatable bonds is 3. The van der Waals surface area contributed by atoms with Crippen molar-refractivity contribution in [2.75, 3.05) is 6.61 Å². The fourth-order valence-electron chi connectivity index (χ4n) is 0.255. The van der Waals surface area contributed by atoms with E-state index in [1.807, 2.05) is 0 Å². The van der Waals surface area contributed by atoms with Crippen molar-refractivity contribution >= 4 is 34.2 Å². The Morgan fingerprint density at radius 3 is 2.33 bits per heavy atom. The molecule has 0 saturated carbocycles. The highest BCUT2D eigenvalue weighted by Crippen LogP contribution is 2.29. The average Bonchev–Trinajstić information content (AvgIpc) is 1.65. The standard InChI is InChI=1S/C4H6ClF2IO/c1-2-9-4(6,7)3(5)8/h3H,2H2,1H3. The van der Waals surface area contributed by atoms with Gasteiger partial charge in [-0.1, -0.05) is 22.6 Å². The van der Waals surface area contributed by atoms with Crippen molar-refractivity contribution in [1.82, 2.24) is 0 Å². The highest BCUT2D eigenvalue weighted by molar-refractivity contribution is 14.1. The van der Waals surface area contributed by atoms with Gasteiger partial charge in [-0.05, 0) is 6.92 Å². The summed E-state index contributed by atoms with van der Waals surface area (Å²) in [5.74, 6) is 0. The minimum atomic E-state index is -3.20. The summed E-state index contributed by atoms with van der Waals surface area (Å²) in [4.78, 5) is 0. The predicted octanol–water partition coefficient (Wildman–Crippen LogP) is 2.62. The van der Waals surface area contributed by atoms with Crippen LogP contribution < -0.4 is 0 Å². The van der Waals surface area contributed by atoms with Gasteiger partial charge in [0.2, 0.25) is 0 Å². The lowest BCUT2D eigenvalue weighted by Gasteiger charge is -2.15. The van der Waals surface area contributed by atoms with Crippen LogP contribution in [0.5, 0.6) is 0 Å². The minimum Gasteiger partial charge on any atom is -0.319 e. The summed E-state index contributed by atoms with van der Waals surface area (Å²) in [5.41, 5.74) is 0. The lowest BCUT2D eigenvalue weighted by atomic mass is 10.7. The van der Waals surface area contributed by atoms with Gasteiger partial charge in [0, 0.05) is 0 Å². The third kappa shape index (κ3) is 3.52. The molecule has 0 heterocycles. The first-order valence-electron chi connectivity index (χ1n) is 2.30. The first-order valence-corrected chi connectivity index (χ1v) is 3.99. The van der Waals surface area contributed by atoms with Crippen molar-refractivity contribution in [2.45, 2.75) is 16.4 Å². The van der Waals surface area contributed by atoms with Crippen molar-refractivity contribution in [3.05, 3.63) is 0 Å². The third-order valence-electron chi connectivity index (χ3n) is 0.591. The molecule has 56 valence electrons. The molecule has 0 aliphatic carbocycles. The monoisotopic (exact) mass is 270 g/mol. The summed E-state index contributed by atoms with van der Waals surface area (Å²) in [6, 6.07) is 0. The lowest BCUT2D eigenvalue weighted by Crippen LogP contribution is -2.27. The van der Waals surface area contributed by atoms with Crippen LogP contribution in [0, 0.1) is 0 Å². The maximum absolute atomic E-state index is 12.2. The second kappa shape index (κ2) is 3.88. The van der Waals surface area contributed by atoms with Crippen molar-refractivity contribution in [1.29, 1.82) is 0 Å². The largest absolute Gasteiger partial charge is 0.381 e. The molecular weight excluding hydrogens is 264 g/mol. The molecule has 0 saturated heterocycles. The van der Waals surface area contributed by atoms with E-state index >= 15 is 0 Å². The second-order valence-corrected chi connectivity index (χ2v) is 3.71. The van der Waals surface area contributed by atoms with Gasteiger partial charge in [-0.25, -0.2) is 0 Å². The summed E-state index contributed by atoms with van der Waals surface area (Å²) < 4.78 is 27.1. The molecule has 0 rings (SSSR count). The van der Waals surface area contributed by atoms with Crippen LogP contribution in [0.25, 0.3) is 0 Å². The molecule has 1 nitrogen and oxygen atoms in total. The van der Waals surface area contributed by atoms with Crippen molar-refractivity contribution in [3.63, 3.8) is 0 Å². The Labute approximate surface area is 70.8 Å². The second-order valence-electron chi connectivity index (χ2n) is 1.30. The number of hydrogen-bond donors (Lipinski definition) is 0. The Morgan fingerprint density at radius 2 is 2.22 bits per heavy atom. The van der Waals surface area contributed by atoms with Crippen LogP contribution in [0.4, 0.5) is 8.78 Å². The molecule has 0 amide bonds. The molecule has 1 atom stereocenters. The molecular formula is C4H6ClF2IO. The summed E-state index contributed by atoms with van der Waals surface area (Å²) in [5, 5.41) is 0. The molecule has 0 fully saturated rings. The summed E-state index contributed by atoms with van der Waals surface area (Å²) in [6.07, 6.45) is -3.20. The van der Waals surface area contributed by atoms with Crippen LogP contribution in [0.15, 0.2) is 0 Å². The van der Waals surface area contributed by atoms with Crippen LogP contribution in [-0.4, -0.2) is 16.1 Å². The van der Waals surface area contributed by atoms with E-state index in [1.54, 1.807) is 0 Å². The van der Waals surface area contributed by atoms with Crippen LogP contribution >= 0.6 is 34.2 Å². The predicted molar refractivity (Wildman–Crippen MR) is 40.2 cm³/mol. The van der Waals surface area contributed by atoms with E-state index in [1.165, 1.54) is 29.5 Å². The van der Waals surface area contributed by atoms with E-state index in [2.05, 4.69) is 4.74 Å². The Hall–Kier alpha value is 0.840. The van der Waals surface area contributed by atoms with Gasteiger partial charge in [0.25, 0.3) is 0 Å². The number of halogens is 4. The molecule has 5 heteroatoms. The van der Waals surface area contributed by atoms with Crippen LogP contribution in [-0.2, 0) is 4.74 Å². The smallest absolute Gasteiger partial charge is 0.319 e. The topological polar surface area (TPSA) is 9.23 Å². The molecule has 0 aromatic heterocycles. The quantitative estimate of drug-likeness (QED) is 0.566. The van der Waals surface area contributed by atoms with E-state index in [0.29, 0.717) is 0 Å². The molecule has 0 aliphatic heterocycles. The molecule has 0 radical (unpaired) electrons. The van der Waals surface area contributed by atoms with E-state index in [0.717, 1.165) is 0 Å². The molecule has 0 N–H and O–H groups in total. The van der Waals surface area contributed by atoms with Crippen LogP contribution in [0.3, 0.4) is 0 Å². The van der Waals surface area contributed by atoms with E-state index < -0.39 is 9.49 Å². The zero-order valence-electron chi connectivity index (χ0n) is 4.70. The van der Waals surface area contributed by atoms with Gasteiger partial charge in [0.1, 0.15) is 0 Å². The molecule has 9 heavy (non-hydrogen) atoms. The Morgan fingerprint density at radius 1 is 1.78 bits per heavy atom. The third-order valence-corrected chi connectivity index (χ3v) is 1.57. The Balaban J connectivity index is 3.70. The number of hydrogen-bond acceptors (Lipinski definition) is 1. The van der Waals surface area contributed by atoms with Gasteiger partial charge in [0.15, 0.2) is 3.38 Å².